The molecule has 0 saturated carbocycles. The molecule has 1 fully saturated rings. The monoisotopic (exact) mass is 287 g/mol. The van der Waals surface area contributed by atoms with Crippen LogP contribution < -0.4 is 11.1 Å². The molecule has 0 radical (unpaired) electrons. The smallest absolute Gasteiger partial charge is 0.240 e. The summed E-state index contributed by atoms with van der Waals surface area (Å²) in [6.07, 6.45) is 2.58. The summed E-state index contributed by atoms with van der Waals surface area (Å²) in [6.45, 7) is 2.04. The van der Waals surface area contributed by atoms with Gasteiger partial charge in [0.25, 0.3) is 0 Å². The summed E-state index contributed by atoms with van der Waals surface area (Å²) in [5.74, 6) is -0.576. The Morgan fingerprint density at radius 1 is 1.24 bits per heavy atom. The van der Waals surface area contributed by atoms with Gasteiger partial charge in [-0.25, -0.2) is 0 Å². The molecule has 2 amide bonds. The predicted molar refractivity (Wildman–Crippen MR) is 79.4 cm³/mol. The summed E-state index contributed by atoms with van der Waals surface area (Å²) in [5, 5.41) is 3.29. The number of nitrogens with zero attached hydrogens (tertiary/aromatic N) is 1. The molecule has 1 aromatic rings. The van der Waals surface area contributed by atoms with Gasteiger partial charge in [-0.2, -0.15) is 0 Å². The number of benzene rings is 1. The third-order valence-corrected chi connectivity index (χ3v) is 4.51. The van der Waals surface area contributed by atoms with Crippen LogP contribution in [0, 0.1) is 0 Å². The van der Waals surface area contributed by atoms with E-state index in [1.165, 1.54) is 0 Å². The van der Waals surface area contributed by atoms with Gasteiger partial charge in [0.2, 0.25) is 11.8 Å². The van der Waals surface area contributed by atoms with E-state index in [0.717, 1.165) is 30.5 Å². The van der Waals surface area contributed by atoms with E-state index in [1.807, 2.05) is 24.3 Å². The first-order chi connectivity index (χ1) is 10.2. The molecular weight excluding hydrogens is 266 g/mol. The second kappa shape index (κ2) is 5.85. The second-order valence-electron chi connectivity index (χ2n) is 5.83. The van der Waals surface area contributed by atoms with Crippen LogP contribution in [0.3, 0.4) is 0 Å². The van der Waals surface area contributed by atoms with E-state index in [-0.39, 0.29) is 17.7 Å². The Labute approximate surface area is 124 Å². The number of primary amides is 1. The lowest BCUT2D eigenvalue weighted by Gasteiger charge is -2.37. The highest BCUT2D eigenvalue weighted by Crippen LogP contribution is 2.28. The van der Waals surface area contributed by atoms with Gasteiger partial charge in [0.15, 0.2) is 0 Å². The van der Waals surface area contributed by atoms with E-state index < -0.39 is 6.04 Å². The average Bonchev–Trinajstić information content (AvgIpc) is 2.53. The zero-order valence-corrected chi connectivity index (χ0v) is 12.0. The van der Waals surface area contributed by atoms with Crippen molar-refractivity contribution in [3.8, 4) is 0 Å². The van der Waals surface area contributed by atoms with E-state index in [2.05, 4.69) is 5.32 Å². The van der Waals surface area contributed by atoms with Crippen LogP contribution in [0.25, 0.3) is 0 Å². The van der Waals surface area contributed by atoms with Crippen LogP contribution in [0.2, 0.25) is 0 Å². The number of piperidine rings is 1. The number of carbonyl (C=O) groups excluding carboxylic acids is 2. The van der Waals surface area contributed by atoms with Gasteiger partial charge in [-0.3, -0.25) is 9.59 Å². The first kappa shape index (κ1) is 14.1. The highest BCUT2D eigenvalue weighted by atomic mass is 16.2. The molecule has 3 rings (SSSR count). The molecule has 21 heavy (non-hydrogen) atoms. The van der Waals surface area contributed by atoms with Crippen LogP contribution in [0.15, 0.2) is 24.3 Å². The highest BCUT2D eigenvalue weighted by molar-refractivity contribution is 5.90. The molecule has 1 saturated heterocycles. The van der Waals surface area contributed by atoms with Crippen molar-refractivity contribution in [3.63, 3.8) is 0 Å². The fourth-order valence-corrected chi connectivity index (χ4v) is 3.41. The maximum absolute atomic E-state index is 12.9. The Bertz CT molecular complexity index is 558. The summed E-state index contributed by atoms with van der Waals surface area (Å²) in [4.78, 5) is 26.2. The number of fused-ring (bicyclic) bond motifs is 1. The number of nitrogens with two attached hydrogens (primary N) is 1. The standard InChI is InChI=1S/C16H21N3O2/c17-15(20)14-7-3-4-8-19(14)16(21)13-10-18-9-11-5-1-2-6-12(11)13/h1-2,5-6,13-14,18H,3-4,7-10H2,(H2,17,20). The largest absolute Gasteiger partial charge is 0.368 e. The molecule has 2 atom stereocenters. The zero-order chi connectivity index (χ0) is 14.8. The number of amides is 2. The van der Waals surface area contributed by atoms with Gasteiger partial charge in [0.1, 0.15) is 6.04 Å². The van der Waals surface area contributed by atoms with Gasteiger partial charge in [-0.05, 0) is 30.4 Å². The second-order valence-corrected chi connectivity index (χ2v) is 5.83. The fraction of sp³-hybridized carbons (Fsp3) is 0.500. The van der Waals surface area contributed by atoms with Crippen molar-refractivity contribution in [2.75, 3.05) is 13.1 Å². The third-order valence-electron chi connectivity index (χ3n) is 4.51. The molecule has 5 heteroatoms. The number of carbonyl (C=O) groups is 2. The molecule has 0 bridgehead atoms. The molecule has 0 aromatic heterocycles. The molecule has 2 aliphatic heterocycles. The minimum Gasteiger partial charge on any atom is -0.368 e. The molecule has 3 N–H and O–H groups in total. The van der Waals surface area contributed by atoms with Gasteiger partial charge in [0, 0.05) is 19.6 Å². The van der Waals surface area contributed by atoms with E-state index >= 15 is 0 Å². The van der Waals surface area contributed by atoms with Crippen LogP contribution in [-0.4, -0.2) is 35.8 Å². The summed E-state index contributed by atoms with van der Waals surface area (Å²) < 4.78 is 0. The molecule has 5 nitrogen and oxygen atoms in total. The quantitative estimate of drug-likeness (QED) is 0.842. The predicted octanol–water partition coefficient (Wildman–Crippen LogP) is 0.740. The lowest BCUT2D eigenvalue weighted by Crippen LogP contribution is -2.53. The molecule has 0 spiro atoms. The number of hydrogen-bond donors (Lipinski definition) is 2. The van der Waals surface area contributed by atoms with Gasteiger partial charge < -0.3 is 16.0 Å². The molecule has 1 aromatic carbocycles. The lowest BCUT2D eigenvalue weighted by molar-refractivity contribution is -0.142. The summed E-state index contributed by atoms with van der Waals surface area (Å²) in [6, 6.07) is 7.57. The van der Waals surface area contributed by atoms with Crippen LogP contribution in [0.4, 0.5) is 0 Å². The lowest BCUT2D eigenvalue weighted by atomic mass is 9.88. The van der Waals surface area contributed by atoms with Crippen molar-refractivity contribution in [2.45, 2.75) is 37.8 Å². The maximum Gasteiger partial charge on any atom is 0.240 e. The van der Waals surface area contributed by atoms with Crippen molar-refractivity contribution in [1.29, 1.82) is 0 Å². The summed E-state index contributed by atoms with van der Waals surface area (Å²) in [5.41, 5.74) is 7.71. The molecule has 2 heterocycles. The SMILES string of the molecule is NC(=O)C1CCCCN1C(=O)C1CNCc2ccccc21. The minimum atomic E-state index is -0.444. The normalized spacial score (nSPS) is 25.2. The van der Waals surface area contributed by atoms with Crippen molar-refractivity contribution in [3.05, 3.63) is 35.4 Å². The topological polar surface area (TPSA) is 75.4 Å². The van der Waals surface area contributed by atoms with E-state index in [4.69, 9.17) is 5.73 Å². The molecule has 2 unspecified atom stereocenters. The highest BCUT2D eigenvalue weighted by Gasteiger charge is 2.36. The van der Waals surface area contributed by atoms with Crippen LogP contribution in [0.5, 0.6) is 0 Å². The molecular formula is C16H21N3O2. The van der Waals surface area contributed by atoms with Gasteiger partial charge in [-0.15, -0.1) is 0 Å². The van der Waals surface area contributed by atoms with Crippen molar-refractivity contribution >= 4 is 11.8 Å². The first-order valence-electron chi connectivity index (χ1n) is 7.57. The third kappa shape index (κ3) is 2.65. The Hall–Kier alpha value is -1.88. The van der Waals surface area contributed by atoms with Crippen LogP contribution >= 0.6 is 0 Å². The summed E-state index contributed by atoms with van der Waals surface area (Å²) >= 11 is 0. The van der Waals surface area contributed by atoms with Gasteiger partial charge in [0.05, 0.1) is 5.92 Å². The van der Waals surface area contributed by atoms with Crippen molar-refractivity contribution < 1.29 is 9.59 Å². The average molecular weight is 287 g/mol. The van der Waals surface area contributed by atoms with Gasteiger partial charge >= 0.3 is 0 Å². The van der Waals surface area contributed by atoms with Crippen LogP contribution in [0.1, 0.15) is 36.3 Å². The maximum atomic E-state index is 12.9. The molecule has 0 aliphatic carbocycles. The number of hydrogen-bond acceptors (Lipinski definition) is 3. The summed E-state index contributed by atoms with van der Waals surface area (Å²) in [7, 11) is 0. The van der Waals surface area contributed by atoms with Crippen molar-refractivity contribution in [1.82, 2.24) is 10.2 Å². The molecule has 112 valence electrons. The Morgan fingerprint density at radius 2 is 2.05 bits per heavy atom. The number of nitrogens with one attached hydrogen (secondary N) is 1. The first-order valence-corrected chi connectivity index (χ1v) is 7.57. The Balaban J connectivity index is 1.86. The number of rotatable bonds is 2. The van der Waals surface area contributed by atoms with Gasteiger partial charge in [-0.1, -0.05) is 24.3 Å². The number of likely N-dealkylation sites (tertiary alicyclic amines) is 1. The van der Waals surface area contributed by atoms with Crippen molar-refractivity contribution in [2.24, 2.45) is 5.73 Å². The molecule has 2 aliphatic rings. The Kier molecular flexibility index (Phi) is 3.92. The van der Waals surface area contributed by atoms with Crippen LogP contribution in [-0.2, 0) is 16.1 Å². The van der Waals surface area contributed by atoms with E-state index in [9.17, 15) is 9.59 Å². The van der Waals surface area contributed by atoms with E-state index in [0.29, 0.717) is 19.5 Å². The Morgan fingerprint density at radius 3 is 2.86 bits per heavy atom. The zero-order valence-electron chi connectivity index (χ0n) is 12.0. The van der Waals surface area contributed by atoms with E-state index in [1.54, 1.807) is 4.90 Å². The minimum absolute atomic E-state index is 0.0261. The fourth-order valence-electron chi connectivity index (χ4n) is 3.41.